The van der Waals surface area contributed by atoms with Crippen molar-refractivity contribution in [1.82, 2.24) is 10.3 Å². The summed E-state index contributed by atoms with van der Waals surface area (Å²) < 4.78 is 0. The molecule has 3 nitrogen and oxygen atoms in total. The van der Waals surface area contributed by atoms with Crippen LogP contribution in [0, 0.1) is 6.92 Å². The van der Waals surface area contributed by atoms with Crippen molar-refractivity contribution in [3.63, 3.8) is 0 Å². The molecule has 3 heteroatoms. The SMILES string of the molecule is Cc1ccc(NN/C=C/CCN(C)C)cc1. The Bertz CT molecular complexity index is 314. The Kier molecular flexibility index (Phi) is 5.43. The molecule has 16 heavy (non-hydrogen) atoms. The molecule has 1 rings (SSSR count). The summed E-state index contributed by atoms with van der Waals surface area (Å²) in [6, 6.07) is 8.27. The summed E-state index contributed by atoms with van der Waals surface area (Å²) >= 11 is 0. The van der Waals surface area contributed by atoms with Crippen molar-refractivity contribution in [2.75, 3.05) is 26.1 Å². The number of hydrogen-bond donors (Lipinski definition) is 2. The van der Waals surface area contributed by atoms with Gasteiger partial charge in [0.1, 0.15) is 0 Å². The van der Waals surface area contributed by atoms with Crippen LogP contribution in [0.1, 0.15) is 12.0 Å². The van der Waals surface area contributed by atoms with E-state index >= 15 is 0 Å². The van der Waals surface area contributed by atoms with Crippen LogP contribution in [0.4, 0.5) is 5.69 Å². The number of anilines is 1. The molecule has 0 aliphatic rings. The summed E-state index contributed by atoms with van der Waals surface area (Å²) in [5, 5.41) is 0. The molecule has 1 aromatic carbocycles. The summed E-state index contributed by atoms with van der Waals surface area (Å²) in [6.07, 6.45) is 5.10. The first-order valence-electron chi connectivity index (χ1n) is 5.56. The second kappa shape index (κ2) is 6.90. The van der Waals surface area contributed by atoms with Crippen molar-refractivity contribution >= 4 is 5.69 Å². The van der Waals surface area contributed by atoms with Gasteiger partial charge in [-0.1, -0.05) is 23.8 Å². The predicted octanol–water partition coefficient (Wildman–Crippen LogP) is 2.38. The zero-order chi connectivity index (χ0) is 11.8. The number of nitrogens with zero attached hydrogens (tertiary/aromatic N) is 1. The van der Waals surface area contributed by atoms with E-state index in [2.05, 4.69) is 67.1 Å². The van der Waals surface area contributed by atoms with Crippen molar-refractivity contribution in [2.45, 2.75) is 13.3 Å². The standard InChI is InChI=1S/C13H21N3/c1-12-6-8-13(9-7-12)15-14-10-4-5-11-16(2)3/h4,6-10,14-15H,5,11H2,1-3H3/b10-4+. The van der Waals surface area contributed by atoms with Crippen LogP contribution in [-0.4, -0.2) is 25.5 Å². The zero-order valence-electron chi connectivity index (χ0n) is 10.3. The van der Waals surface area contributed by atoms with Crippen LogP contribution in [0.25, 0.3) is 0 Å². The van der Waals surface area contributed by atoms with Crippen LogP contribution >= 0.6 is 0 Å². The maximum atomic E-state index is 3.11. The molecule has 1 aromatic rings. The van der Waals surface area contributed by atoms with Gasteiger partial charge in [0, 0.05) is 12.7 Å². The molecular formula is C13H21N3. The number of nitrogens with one attached hydrogen (secondary N) is 2. The third-order valence-corrected chi connectivity index (χ3v) is 2.21. The van der Waals surface area contributed by atoms with Crippen molar-refractivity contribution in [1.29, 1.82) is 0 Å². The zero-order valence-corrected chi connectivity index (χ0v) is 10.3. The van der Waals surface area contributed by atoms with E-state index in [1.807, 2.05) is 6.20 Å². The van der Waals surface area contributed by atoms with E-state index in [4.69, 9.17) is 0 Å². The van der Waals surface area contributed by atoms with Crippen LogP contribution < -0.4 is 10.9 Å². The Morgan fingerprint density at radius 1 is 1.19 bits per heavy atom. The van der Waals surface area contributed by atoms with E-state index in [9.17, 15) is 0 Å². The summed E-state index contributed by atoms with van der Waals surface area (Å²) in [6.45, 7) is 3.15. The molecule has 88 valence electrons. The van der Waals surface area contributed by atoms with Gasteiger partial charge in [0.05, 0.1) is 5.69 Å². The van der Waals surface area contributed by atoms with Gasteiger partial charge in [-0.25, -0.2) is 0 Å². The van der Waals surface area contributed by atoms with E-state index in [0.29, 0.717) is 0 Å². The topological polar surface area (TPSA) is 27.3 Å². The van der Waals surface area contributed by atoms with Gasteiger partial charge in [-0.3, -0.25) is 0 Å². The fourth-order valence-corrected chi connectivity index (χ4v) is 1.24. The highest BCUT2D eigenvalue weighted by atomic mass is 15.3. The molecule has 2 N–H and O–H groups in total. The average Bonchev–Trinajstić information content (AvgIpc) is 2.25. The van der Waals surface area contributed by atoms with Crippen LogP contribution in [-0.2, 0) is 0 Å². The number of aryl methyl sites for hydroxylation is 1. The first-order chi connectivity index (χ1) is 7.68. The van der Waals surface area contributed by atoms with Gasteiger partial charge in [0.25, 0.3) is 0 Å². The maximum absolute atomic E-state index is 3.11. The Labute approximate surface area is 98.1 Å². The van der Waals surface area contributed by atoms with Gasteiger partial charge in [0.2, 0.25) is 0 Å². The lowest BCUT2D eigenvalue weighted by Crippen LogP contribution is -2.15. The van der Waals surface area contributed by atoms with E-state index in [0.717, 1.165) is 18.7 Å². The molecular weight excluding hydrogens is 198 g/mol. The molecule has 0 spiro atoms. The summed E-state index contributed by atoms with van der Waals surface area (Å²) in [5.74, 6) is 0. The second-order valence-corrected chi connectivity index (χ2v) is 4.13. The molecule has 0 saturated heterocycles. The van der Waals surface area contributed by atoms with Crippen molar-refractivity contribution in [3.05, 3.63) is 42.1 Å². The van der Waals surface area contributed by atoms with Gasteiger partial charge in [-0.15, -0.1) is 0 Å². The minimum atomic E-state index is 1.05. The fourth-order valence-electron chi connectivity index (χ4n) is 1.24. The molecule has 0 aliphatic carbocycles. The first-order valence-corrected chi connectivity index (χ1v) is 5.56. The predicted molar refractivity (Wildman–Crippen MR) is 70.2 cm³/mol. The summed E-state index contributed by atoms with van der Waals surface area (Å²) in [4.78, 5) is 2.16. The highest BCUT2D eigenvalue weighted by Gasteiger charge is 1.88. The molecule has 0 unspecified atom stereocenters. The number of rotatable bonds is 6. The lowest BCUT2D eigenvalue weighted by molar-refractivity contribution is 0.417. The van der Waals surface area contributed by atoms with Crippen LogP contribution in [0.2, 0.25) is 0 Å². The Morgan fingerprint density at radius 2 is 1.88 bits per heavy atom. The number of benzene rings is 1. The quantitative estimate of drug-likeness (QED) is 0.719. The first kappa shape index (κ1) is 12.6. The van der Waals surface area contributed by atoms with Gasteiger partial charge < -0.3 is 15.8 Å². The largest absolute Gasteiger partial charge is 0.309 e. The van der Waals surface area contributed by atoms with Crippen molar-refractivity contribution in [3.8, 4) is 0 Å². The Hall–Kier alpha value is -1.48. The van der Waals surface area contributed by atoms with Crippen molar-refractivity contribution < 1.29 is 0 Å². The summed E-state index contributed by atoms with van der Waals surface area (Å²) in [5.41, 5.74) is 8.50. The molecule has 0 bridgehead atoms. The average molecular weight is 219 g/mol. The van der Waals surface area contributed by atoms with Gasteiger partial charge in [-0.2, -0.15) is 0 Å². The van der Waals surface area contributed by atoms with E-state index in [1.165, 1.54) is 5.56 Å². The fraction of sp³-hybridized carbons (Fsp3) is 0.385. The number of hydrazine groups is 1. The van der Waals surface area contributed by atoms with Crippen molar-refractivity contribution in [2.24, 2.45) is 0 Å². The maximum Gasteiger partial charge on any atom is 0.0539 e. The van der Waals surface area contributed by atoms with Crippen LogP contribution in [0.5, 0.6) is 0 Å². The molecule has 0 heterocycles. The molecule has 0 fully saturated rings. The number of hydrogen-bond acceptors (Lipinski definition) is 3. The normalized spacial score (nSPS) is 11.0. The van der Waals surface area contributed by atoms with Gasteiger partial charge in [0.15, 0.2) is 0 Å². The molecule has 0 radical (unpaired) electrons. The Balaban J connectivity index is 2.17. The highest BCUT2D eigenvalue weighted by Crippen LogP contribution is 2.06. The summed E-state index contributed by atoms with van der Waals surface area (Å²) in [7, 11) is 4.15. The molecule has 0 amide bonds. The van der Waals surface area contributed by atoms with E-state index in [-0.39, 0.29) is 0 Å². The molecule has 0 aliphatic heterocycles. The molecule has 0 atom stereocenters. The lowest BCUT2D eigenvalue weighted by atomic mass is 10.2. The van der Waals surface area contributed by atoms with E-state index in [1.54, 1.807) is 0 Å². The van der Waals surface area contributed by atoms with E-state index < -0.39 is 0 Å². The van der Waals surface area contributed by atoms with Crippen LogP contribution in [0.3, 0.4) is 0 Å². The third kappa shape index (κ3) is 5.41. The third-order valence-electron chi connectivity index (χ3n) is 2.21. The smallest absolute Gasteiger partial charge is 0.0539 e. The monoisotopic (exact) mass is 219 g/mol. The molecule has 0 saturated carbocycles. The minimum absolute atomic E-state index is 1.05. The Morgan fingerprint density at radius 3 is 2.50 bits per heavy atom. The minimum Gasteiger partial charge on any atom is -0.309 e. The van der Waals surface area contributed by atoms with Gasteiger partial charge in [-0.05, 0) is 39.6 Å². The molecule has 0 aromatic heterocycles. The van der Waals surface area contributed by atoms with Gasteiger partial charge >= 0.3 is 0 Å². The second-order valence-electron chi connectivity index (χ2n) is 4.13. The van der Waals surface area contributed by atoms with Crippen LogP contribution in [0.15, 0.2) is 36.5 Å². The lowest BCUT2D eigenvalue weighted by Gasteiger charge is -2.07. The highest BCUT2D eigenvalue weighted by molar-refractivity contribution is 5.43.